The van der Waals surface area contributed by atoms with E-state index in [0.717, 1.165) is 24.5 Å². The predicted molar refractivity (Wildman–Crippen MR) is 79.3 cm³/mol. The van der Waals surface area contributed by atoms with Gasteiger partial charge in [0.1, 0.15) is 12.4 Å². The van der Waals surface area contributed by atoms with Crippen LogP contribution < -0.4 is 10.5 Å². The zero-order valence-electron chi connectivity index (χ0n) is 12.1. The Morgan fingerprint density at radius 3 is 2.68 bits per heavy atom. The Hall–Kier alpha value is -1.06. The van der Waals surface area contributed by atoms with Gasteiger partial charge in [0.2, 0.25) is 0 Å². The van der Waals surface area contributed by atoms with E-state index in [9.17, 15) is 0 Å². The second-order valence-corrected chi connectivity index (χ2v) is 5.57. The number of nitrogens with zero attached hydrogens (tertiary/aromatic N) is 1. The minimum Gasteiger partial charge on any atom is -0.492 e. The van der Waals surface area contributed by atoms with Crippen molar-refractivity contribution in [2.45, 2.75) is 51.7 Å². The number of piperidine rings is 1. The number of rotatable bonds is 5. The van der Waals surface area contributed by atoms with Gasteiger partial charge in [-0.2, -0.15) is 0 Å². The van der Waals surface area contributed by atoms with Crippen molar-refractivity contribution in [2.24, 2.45) is 5.73 Å². The highest BCUT2D eigenvalue weighted by molar-refractivity contribution is 5.28. The highest BCUT2D eigenvalue weighted by Crippen LogP contribution is 2.22. The maximum Gasteiger partial charge on any atom is 0.119 e. The monoisotopic (exact) mass is 262 g/mol. The molecule has 0 saturated carbocycles. The van der Waals surface area contributed by atoms with Gasteiger partial charge in [-0.3, -0.25) is 4.90 Å². The van der Waals surface area contributed by atoms with Gasteiger partial charge in [-0.15, -0.1) is 0 Å². The molecule has 2 unspecified atom stereocenters. The highest BCUT2D eigenvalue weighted by atomic mass is 16.5. The molecule has 2 atom stereocenters. The molecule has 106 valence electrons. The fourth-order valence-electron chi connectivity index (χ4n) is 2.95. The summed E-state index contributed by atoms with van der Waals surface area (Å²) in [6, 6.07) is 9.43. The van der Waals surface area contributed by atoms with Crippen molar-refractivity contribution < 1.29 is 4.74 Å². The Bertz CT molecular complexity index is 384. The Morgan fingerprint density at radius 1 is 1.26 bits per heavy atom. The minimum atomic E-state index is 0.567. The third-order valence-corrected chi connectivity index (χ3v) is 4.13. The molecule has 19 heavy (non-hydrogen) atoms. The van der Waals surface area contributed by atoms with Crippen LogP contribution in [0.5, 0.6) is 5.75 Å². The number of hydrogen-bond donors (Lipinski definition) is 1. The van der Waals surface area contributed by atoms with Crippen LogP contribution in [0, 0.1) is 0 Å². The standard InChI is InChI=1S/C16H26N2O/c1-13-5-3-6-14(2)18(13)9-10-19-16-8-4-7-15(11-16)12-17/h4,7-8,11,13-14H,3,5-6,9-10,12,17H2,1-2H3. The second-order valence-electron chi connectivity index (χ2n) is 5.57. The van der Waals surface area contributed by atoms with Crippen molar-refractivity contribution in [3.63, 3.8) is 0 Å². The van der Waals surface area contributed by atoms with Crippen LogP contribution in [-0.2, 0) is 6.54 Å². The van der Waals surface area contributed by atoms with Gasteiger partial charge in [0.25, 0.3) is 0 Å². The molecule has 0 amide bonds. The van der Waals surface area contributed by atoms with Crippen molar-refractivity contribution in [2.75, 3.05) is 13.2 Å². The molecule has 1 aliphatic rings. The third-order valence-electron chi connectivity index (χ3n) is 4.13. The largest absolute Gasteiger partial charge is 0.492 e. The van der Waals surface area contributed by atoms with Crippen molar-refractivity contribution in [1.82, 2.24) is 4.90 Å². The SMILES string of the molecule is CC1CCCC(C)N1CCOc1cccc(CN)c1. The summed E-state index contributed by atoms with van der Waals surface area (Å²) in [7, 11) is 0. The summed E-state index contributed by atoms with van der Waals surface area (Å²) >= 11 is 0. The molecule has 3 heteroatoms. The number of nitrogens with two attached hydrogens (primary N) is 1. The van der Waals surface area contributed by atoms with E-state index in [1.807, 2.05) is 24.3 Å². The van der Waals surface area contributed by atoms with E-state index < -0.39 is 0 Å². The molecule has 1 aromatic rings. The molecular formula is C16H26N2O. The summed E-state index contributed by atoms with van der Waals surface area (Å²) in [5.74, 6) is 0.931. The van der Waals surface area contributed by atoms with E-state index >= 15 is 0 Å². The first kappa shape index (κ1) is 14.4. The van der Waals surface area contributed by atoms with Gasteiger partial charge < -0.3 is 10.5 Å². The Kier molecular flexibility index (Phi) is 5.23. The average Bonchev–Trinajstić information content (AvgIpc) is 2.42. The van der Waals surface area contributed by atoms with Gasteiger partial charge in [0, 0.05) is 25.2 Å². The lowest BCUT2D eigenvalue weighted by molar-refractivity contribution is 0.0851. The van der Waals surface area contributed by atoms with Crippen LogP contribution in [0.4, 0.5) is 0 Å². The zero-order valence-corrected chi connectivity index (χ0v) is 12.1. The molecule has 0 bridgehead atoms. The molecule has 1 aliphatic heterocycles. The average molecular weight is 262 g/mol. The lowest BCUT2D eigenvalue weighted by Crippen LogP contribution is -2.45. The topological polar surface area (TPSA) is 38.5 Å². The van der Waals surface area contributed by atoms with Gasteiger partial charge in [-0.1, -0.05) is 18.6 Å². The maximum absolute atomic E-state index is 5.85. The fraction of sp³-hybridized carbons (Fsp3) is 0.625. The molecule has 0 aromatic heterocycles. The molecule has 0 spiro atoms. The molecule has 0 aliphatic carbocycles. The van der Waals surface area contributed by atoms with Crippen LogP contribution in [0.15, 0.2) is 24.3 Å². The number of ether oxygens (including phenoxy) is 1. The molecular weight excluding hydrogens is 236 g/mol. The molecule has 1 fully saturated rings. The highest BCUT2D eigenvalue weighted by Gasteiger charge is 2.23. The van der Waals surface area contributed by atoms with E-state index in [2.05, 4.69) is 18.7 Å². The minimum absolute atomic E-state index is 0.567. The van der Waals surface area contributed by atoms with Gasteiger partial charge in [-0.05, 0) is 44.4 Å². The summed E-state index contributed by atoms with van der Waals surface area (Å²) < 4.78 is 5.85. The predicted octanol–water partition coefficient (Wildman–Crippen LogP) is 2.79. The van der Waals surface area contributed by atoms with Gasteiger partial charge in [0.15, 0.2) is 0 Å². The van der Waals surface area contributed by atoms with Crippen LogP contribution in [0.25, 0.3) is 0 Å². The first-order valence-corrected chi connectivity index (χ1v) is 7.38. The molecule has 1 aromatic carbocycles. The van der Waals surface area contributed by atoms with Gasteiger partial charge >= 0.3 is 0 Å². The maximum atomic E-state index is 5.85. The van der Waals surface area contributed by atoms with Crippen LogP contribution in [0.3, 0.4) is 0 Å². The van der Waals surface area contributed by atoms with Crippen LogP contribution in [0.1, 0.15) is 38.7 Å². The molecule has 1 saturated heterocycles. The van der Waals surface area contributed by atoms with Crippen molar-refractivity contribution >= 4 is 0 Å². The second kappa shape index (κ2) is 6.92. The summed E-state index contributed by atoms with van der Waals surface area (Å²) in [6.45, 7) is 6.98. The number of likely N-dealkylation sites (tertiary alicyclic amines) is 1. The van der Waals surface area contributed by atoms with E-state index in [0.29, 0.717) is 18.6 Å². The zero-order chi connectivity index (χ0) is 13.7. The molecule has 3 nitrogen and oxygen atoms in total. The Morgan fingerprint density at radius 2 is 2.00 bits per heavy atom. The van der Waals surface area contributed by atoms with E-state index in [1.54, 1.807) is 0 Å². The molecule has 1 heterocycles. The van der Waals surface area contributed by atoms with Crippen LogP contribution >= 0.6 is 0 Å². The summed E-state index contributed by atoms with van der Waals surface area (Å²) in [5, 5.41) is 0. The van der Waals surface area contributed by atoms with E-state index in [-0.39, 0.29) is 0 Å². The van der Waals surface area contributed by atoms with Crippen LogP contribution in [0.2, 0.25) is 0 Å². The Balaban J connectivity index is 1.82. The lowest BCUT2D eigenvalue weighted by atomic mass is 9.98. The van der Waals surface area contributed by atoms with Crippen molar-refractivity contribution in [3.8, 4) is 5.75 Å². The van der Waals surface area contributed by atoms with E-state index in [1.165, 1.54) is 19.3 Å². The molecule has 2 rings (SSSR count). The normalized spacial score (nSPS) is 24.4. The number of hydrogen-bond acceptors (Lipinski definition) is 3. The smallest absolute Gasteiger partial charge is 0.119 e. The van der Waals surface area contributed by atoms with Crippen molar-refractivity contribution in [3.05, 3.63) is 29.8 Å². The fourth-order valence-corrected chi connectivity index (χ4v) is 2.95. The van der Waals surface area contributed by atoms with Gasteiger partial charge in [0.05, 0.1) is 0 Å². The summed E-state index contributed by atoms with van der Waals surface area (Å²) in [4.78, 5) is 2.57. The Labute approximate surface area is 116 Å². The molecule has 2 N–H and O–H groups in total. The van der Waals surface area contributed by atoms with Crippen molar-refractivity contribution in [1.29, 1.82) is 0 Å². The third kappa shape index (κ3) is 3.95. The lowest BCUT2D eigenvalue weighted by Gasteiger charge is -2.38. The van der Waals surface area contributed by atoms with E-state index in [4.69, 9.17) is 10.5 Å². The number of benzene rings is 1. The summed E-state index contributed by atoms with van der Waals surface area (Å²) in [5.41, 5.74) is 6.76. The summed E-state index contributed by atoms with van der Waals surface area (Å²) in [6.07, 6.45) is 3.98. The van der Waals surface area contributed by atoms with Crippen LogP contribution in [-0.4, -0.2) is 30.1 Å². The molecule has 0 radical (unpaired) electrons. The van der Waals surface area contributed by atoms with Gasteiger partial charge in [-0.25, -0.2) is 0 Å². The first-order valence-electron chi connectivity index (χ1n) is 7.38. The quantitative estimate of drug-likeness (QED) is 0.887. The first-order chi connectivity index (χ1) is 9.20.